The van der Waals surface area contributed by atoms with Gasteiger partial charge in [0.05, 0.1) is 10.5 Å². The smallest absolute Gasteiger partial charge is 0.258 e. The third-order valence-electron chi connectivity index (χ3n) is 4.41. The number of benzene rings is 2. The molecule has 1 amide bonds. The van der Waals surface area contributed by atoms with Gasteiger partial charge in [-0.25, -0.2) is 12.8 Å². The van der Waals surface area contributed by atoms with Crippen molar-refractivity contribution in [3.63, 3.8) is 0 Å². The van der Waals surface area contributed by atoms with Gasteiger partial charge in [-0.05, 0) is 49.1 Å². The Morgan fingerprint density at radius 3 is 2.29 bits per heavy atom. The van der Waals surface area contributed by atoms with E-state index >= 15 is 0 Å². The fourth-order valence-electron chi connectivity index (χ4n) is 2.98. The molecule has 0 saturated heterocycles. The fraction of sp³-hybridized carbons (Fsp3) is 0.381. The molecule has 0 aromatic heterocycles. The summed E-state index contributed by atoms with van der Waals surface area (Å²) in [4.78, 5) is 12.6. The van der Waals surface area contributed by atoms with Gasteiger partial charge in [0.2, 0.25) is 10.0 Å². The number of carbonyl (C=O) groups is 1. The summed E-state index contributed by atoms with van der Waals surface area (Å²) < 4.78 is 41.5. The molecule has 0 bridgehead atoms. The predicted octanol–water partition coefficient (Wildman–Crippen LogP) is 4.45. The summed E-state index contributed by atoms with van der Waals surface area (Å²) in [5.74, 6) is -1.43. The number of anilines is 1. The Morgan fingerprint density at radius 1 is 1.04 bits per heavy atom. The molecule has 0 saturated carbocycles. The van der Waals surface area contributed by atoms with Crippen molar-refractivity contribution in [3.8, 4) is 0 Å². The van der Waals surface area contributed by atoms with E-state index in [0.29, 0.717) is 38.0 Å². The zero-order valence-electron chi connectivity index (χ0n) is 16.5. The lowest BCUT2D eigenvalue weighted by Gasteiger charge is -2.21. The quantitative estimate of drug-likeness (QED) is 0.669. The molecule has 152 valence electrons. The van der Waals surface area contributed by atoms with E-state index in [1.54, 1.807) is 12.1 Å². The first-order valence-corrected chi connectivity index (χ1v) is 11.0. The Bertz CT molecular complexity index is 923. The second kappa shape index (κ2) is 9.80. The van der Waals surface area contributed by atoms with Crippen molar-refractivity contribution >= 4 is 21.6 Å². The normalized spacial score (nSPS) is 11.6. The van der Waals surface area contributed by atoms with Crippen molar-refractivity contribution in [2.24, 2.45) is 0 Å². The highest BCUT2D eigenvalue weighted by Crippen LogP contribution is 2.22. The summed E-state index contributed by atoms with van der Waals surface area (Å²) in [6.07, 6.45) is 2.04. The number of para-hydroxylation sites is 1. The summed E-state index contributed by atoms with van der Waals surface area (Å²) in [6, 6.07) is 10.6. The number of nitrogens with one attached hydrogen (secondary N) is 1. The maximum Gasteiger partial charge on any atom is 0.258 e. The van der Waals surface area contributed by atoms with Gasteiger partial charge in [-0.1, -0.05) is 39.0 Å². The molecule has 0 aliphatic heterocycles. The number of carbonyl (C=O) groups excluding carboxylic acids is 1. The van der Waals surface area contributed by atoms with Crippen molar-refractivity contribution in [2.75, 3.05) is 18.4 Å². The first kappa shape index (κ1) is 22.0. The second-order valence-corrected chi connectivity index (χ2v) is 8.45. The topological polar surface area (TPSA) is 66.5 Å². The standard InChI is InChI=1S/C21H27FN2O3S/c1-4-13-24(14-5-2)28(26,27)17-11-12-19(22)18(15-17)21(25)23-20-10-8-7-9-16(20)6-3/h7-12,15H,4-6,13-14H2,1-3H3,(H,23,25). The summed E-state index contributed by atoms with van der Waals surface area (Å²) in [5.41, 5.74) is 1.21. The summed E-state index contributed by atoms with van der Waals surface area (Å²) in [6.45, 7) is 6.49. The van der Waals surface area contributed by atoms with Crippen LogP contribution in [0.4, 0.5) is 10.1 Å². The Hall–Kier alpha value is -2.25. The van der Waals surface area contributed by atoms with Gasteiger partial charge in [-0.2, -0.15) is 4.31 Å². The van der Waals surface area contributed by atoms with Gasteiger partial charge in [0, 0.05) is 18.8 Å². The number of hydrogen-bond acceptors (Lipinski definition) is 3. The highest BCUT2D eigenvalue weighted by atomic mass is 32.2. The molecule has 1 N–H and O–H groups in total. The van der Waals surface area contributed by atoms with Crippen molar-refractivity contribution < 1.29 is 17.6 Å². The monoisotopic (exact) mass is 406 g/mol. The number of nitrogens with zero attached hydrogens (tertiary/aromatic N) is 1. The molecule has 0 spiro atoms. The zero-order valence-corrected chi connectivity index (χ0v) is 17.4. The molecular weight excluding hydrogens is 379 g/mol. The zero-order chi connectivity index (χ0) is 20.7. The van der Waals surface area contributed by atoms with E-state index in [1.165, 1.54) is 10.4 Å². The van der Waals surface area contributed by atoms with Crippen LogP contribution in [0.2, 0.25) is 0 Å². The Kier molecular flexibility index (Phi) is 7.71. The molecular formula is C21H27FN2O3S. The maximum atomic E-state index is 14.3. The van der Waals surface area contributed by atoms with E-state index in [0.717, 1.165) is 17.7 Å². The molecule has 5 nitrogen and oxygen atoms in total. The second-order valence-electron chi connectivity index (χ2n) is 6.51. The Labute approximate surface area is 166 Å². The van der Waals surface area contributed by atoms with E-state index in [9.17, 15) is 17.6 Å². The van der Waals surface area contributed by atoms with Crippen LogP contribution < -0.4 is 5.32 Å². The highest BCUT2D eigenvalue weighted by Gasteiger charge is 2.25. The molecule has 2 aromatic rings. The van der Waals surface area contributed by atoms with Gasteiger partial charge in [0.25, 0.3) is 5.91 Å². The van der Waals surface area contributed by atoms with Crippen molar-refractivity contribution in [1.29, 1.82) is 0 Å². The third kappa shape index (κ3) is 4.97. The number of sulfonamides is 1. The summed E-state index contributed by atoms with van der Waals surface area (Å²) >= 11 is 0. The van der Waals surface area contributed by atoms with Crippen molar-refractivity contribution in [3.05, 3.63) is 59.4 Å². The molecule has 28 heavy (non-hydrogen) atoms. The van der Waals surface area contributed by atoms with E-state index in [2.05, 4.69) is 5.32 Å². The minimum Gasteiger partial charge on any atom is -0.322 e. The first-order chi connectivity index (χ1) is 13.3. The SMILES string of the molecule is CCCN(CCC)S(=O)(=O)c1ccc(F)c(C(=O)Nc2ccccc2CC)c1. The first-order valence-electron chi connectivity index (χ1n) is 9.54. The van der Waals surface area contributed by atoms with Gasteiger partial charge >= 0.3 is 0 Å². The maximum absolute atomic E-state index is 14.3. The summed E-state index contributed by atoms with van der Waals surface area (Å²) in [7, 11) is -3.80. The molecule has 2 aromatic carbocycles. The van der Waals surface area contributed by atoms with Crippen LogP contribution in [0.5, 0.6) is 0 Å². The minimum absolute atomic E-state index is 0.0790. The molecule has 7 heteroatoms. The lowest BCUT2D eigenvalue weighted by atomic mass is 10.1. The lowest BCUT2D eigenvalue weighted by molar-refractivity contribution is 0.102. The van der Waals surface area contributed by atoms with Crippen LogP contribution in [-0.4, -0.2) is 31.7 Å². The van der Waals surface area contributed by atoms with Crippen molar-refractivity contribution in [1.82, 2.24) is 4.31 Å². The average molecular weight is 407 g/mol. The number of amides is 1. The van der Waals surface area contributed by atoms with Crippen LogP contribution in [0.15, 0.2) is 47.4 Å². The Morgan fingerprint density at radius 2 is 1.68 bits per heavy atom. The molecule has 0 aliphatic rings. The van der Waals surface area contributed by atoms with E-state index in [1.807, 2.05) is 32.9 Å². The number of hydrogen-bond donors (Lipinski definition) is 1. The third-order valence-corrected chi connectivity index (χ3v) is 6.31. The average Bonchev–Trinajstić information content (AvgIpc) is 2.68. The molecule has 2 rings (SSSR count). The number of halogens is 1. The molecule has 0 radical (unpaired) electrons. The van der Waals surface area contributed by atoms with Crippen LogP contribution >= 0.6 is 0 Å². The van der Waals surface area contributed by atoms with Crippen LogP contribution in [0.1, 0.15) is 49.5 Å². The lowest BCUT2D eigenvalue weighted by Crippen LogP contribution is -2.32. The molecule has 0 aliphatic carbocycles. The van der Waals surface area contributed by atoms with Crippen molar-refractivity contribution in [2.45, 2.75) is 44.9 Å². The number of aryl methyl sites for hydroxylation is 1. The van der Waals surface area contributed by atoms with Gasteiger partial charge in [0.1, 0.15) is 5.82 Å². The summed E-state index contributed by atoms with van der Waals surface area (Å²) in [5, 5.41) is 2.69. The Balaban J connectivity index is 2.38. The predicted molar refractivity (Wildman–Crippen MR) is 110 cm³/mol. The van der Waals surface area contributed by atoms with Crippen LogP contribution in [0.25, 0.3) is 0 Å². The molecule has 0 atom stereocenters. The van der Waals surface area contributed by atoms with E-state index in [4.69, 9.17) is 0 Å². The van der Waals surface area contributed by atoms with Gasteiger partial charge < -0.3 is 5.32 Å². The fourth-order valence-corrected chi connectivity index (χ4v) is 4.63. The molecule has 0 heterocycles. The largest absolute Gasteiger partial charge is 0.322 e. The molecule has 0 unspecified atom stereocenters. The number of rotatable bonds is 9. The van der Waals surface area contributed by atoms with Crippen LogP contribution in [-0.2, 0) is 16.4 Å². The van der Waals surface area contributed by atoms with Crippen LogP contribution in [0.3, 0.4) is 0 Å². The van der Waals surface area contributed by atoms with Gasteiger partial charge in [-0.3, -0.25) is 4.79 Å². The van der Waals surface area contributed by atoms with E-state index in [-0.39, 0.29) is 10.5 Å². The van der Waals surface area contributed by atoms with E-state index < -0.39 is 21.7 Å². The highest BCUT2D eigenvalue weighted by molar-refractivity contribution is 7.89. The van der Waals surface area contributed by atoms with Gasteiger partial charge in [-0.15, -0.1) is 0 Å². The van der Waals surface area contributed by atoms with Gasteiger partial charge in [0.15, 0.2) is 0 Å². The molecule has 0 fully saturated rings. The van der Waals surface area contributed by atoms with Crippen LogP contribution in [0, 0.1) is 5.82 Å². The minimum atomic E-state index is -3.80.